The second-order valence-corrected chi connectivity index (χ2v) is 11.8. The Morgan fingerprint density at radius 3 is 2.00 bits per heavy atom. The number of benzene rings is 4. The zero-order chi connectivity index (χ0) is 30.8. The minimum Gasteiger partial charge on any atom is -0.392 e. The van der Waals surface area contributed by atoms with E-state index in [2.05, 4.69) is 4.90 Å². The monoisotopic (exact) mass is 604 g/mol. The van der Waals surface area contributed by atoms with Gasteiger partial charge < -0.3 is 19.3 Å². The average Bonchev–Trinajstić information content (AvgIpc) is 3.33. The summed E-state index contributed by atoms with van der Waals surface area (Å²) in [6.07, 6.45) is 0.0113. The van der Waals surface area contributed by atoms with Crippen LogP contribution in [0.5, 0.6) is 0 Å². The van der Waals surface area contributed by atoms with Gasteiger partial charge in [0.05, 0.1) is 49.7 Å². The third kappa shape index (κ3) is 6.20. The van der Waals surface area contributed by atoms with E-state index in [0.717, 1.165) is 72.6 Å². The van der Waals surface area contributed by atoms with Crippen molar-refractivity contribution in [3.8, 4) is 11.1 Å². The van der Waals surface area contributed by atoms with Gasteiger partial charge in [-0.3, -0.25) is 19.4 Å². The highest BCUT2D eigenvalue weighted by atomic mass is 16.7. The number of ether oxygens (including phenoxy) is 3. The molecule has 230 valence electrons. The van der Waals surface area contributed by atoms with Gasteiger partial charge in [-0.2, -0.15) is 0 Å². The lowest BCUT2D eigenvalue weighted by Crippen LogP contribution is -2.44. The van der Waals surface area contributed by atoms with Crippen LogP contribution >= 0.6 is 0 Å². The summed E-state index contributed by atoms with van der Waals surface area (Å²) in [6.45, 7) is 4.23. The highest BCUT2D eigenvalue weighted by Gasteiger charge is 2.36. The fourth-order valence-corrected chi connectivity index (χ4v) is 6.42. The van der Waals surface area contributed by atoms with E-state index in [-0.39, 0.29) is 37.2 Å². The summed E-state index contributed by atoms with van der Waals surface area (Å²) < 4.78 is 18.7. The van der Waals surface area contributed by atoms with Gasteiger partial charge in [-0.15, -0.1) is 0 Å². The summed E-state index contributed by atoms with van der Waals surface area (Å²) in [6, 6.07) is 30.9. The number of fused-ring (bicyclic) bond motifs is 1. The lowest BCUT2D eigenvalue weighted by atomic mass is 9.97. The first kappa shape index (κ1) is 29.5. The molecule has 0 bridgehead atoms. The molecule has 45 heavy (non-hydrogen) atoms. The van der Waals surface area contributed by atoms with Gasteiger partial charge in [0.1, 0.15) is 0 Å². The smallest absolute Gasteiger partial charge is 0.261 e. The Kier molecular flexibility index (Phi) is 8.56. The van der Waals surface area contributed by atoms with Crippen LogP contribution in [0.3, 0.4) is 0 Å². The molecule has 3 heterocycles. The topological polar surface area (TPSA) is 88.5 Å². The molecule has 0 aromatic heterocycles. The van der Waals surface area contributed by atoms with Crippen molar-refractivity contribution in [3.05, 3.63) is 130 Å². The van der Waals surface area contributed by atoms with E-state index in [1.165, 1.54) is 4.90 Å². The number of hydrogen-bond donors (Lipinski definition) is 1. The molecule has 1 N–H and O–H groups in total. The van der Waals surface area contributed by atoms with Gasteiger partial charge in [0.25, 0.3) is 11.8 Å². The molecule has 0 unspecified atom stereocenters. The number of aliphatic hydroxyl groups is 1. The molecule has 0 radical (unpaired) electrons. The highest BCUT2D eigenvalue weighted by Crippen LogP contribution is 2.39. The van der Waals surface area contributed by atoms with Crippen LogP contribution < -0.4 is 0 Å². The van der Waals surface area contributed by atoms with Crippen molar-refractivity contribution in [1.82, 2.24) is 9.80 Å². The van der Waals surface area contributed by atoms with Crippen LogP contribution in [0.25, 0.3) is 11.1 Å². The van der Waals surface area contributed by atoms with Crippen molar-refractivity contribution < 1.29 is 28.9 Å². The van der Waals surface area contributed by atoms with Gasteiger partial charge in [-0.25, -0.2) is 0 Å². The predicted molar refractivity (Wildman–Crippen MR) is 168 cm³/mol. The number of imide groups is 1. The molecule has 3 aliphatic heterocycles. The molecular weight excluding hydrogens is 568 g/mol. The van der Waals surface area contributed by atoms with Crippen molar-refractivity contribution in [2.75, 3.05) is 32.8 Å². The van der Waals surface area contributed by atoms with Gasteiger partial charge in [0, 0.05) is 31.6 Å². The molecule has 3 aliphatic rings. The summed E-state index contributed by atoms with van der Waals surface area (Å²) in [5, 5.41) is 9.51. The zero-order valence-corrected chi connectivity index (χ0v) is 25.0. The van der Waals surface area contributed by atoms with Crippen molar-refractivity contribution in [2.24, 2.45) is 0 Å². The van der Waals surface area contributed by atoms with Crippen LogP contribution in [0, 0.1) is 0 Å². The second kappa shape index (κ2) is 13.0. The molecule has 4 aromatic rings. The Labute approximate surface area is 262 Å². The van der Waals surface area contributed by atoms with Crippen LogP contribution in [0.15, 0.2) is 97.1 Å². The summed E-state index contributed by atoms with van der Waals surface area (Å²) >= 11 is 0. The van der Waals surface area contributed by atoms with E-state index in [1.807, 2.05) is 72.8 Å². The first-order chi connectivity index (χ1) is 22.1. The fraction of sp³-hybridized carbons (Fsp3) is 0.297. The Morgan fingerprint density at radius 1 is 0.711 bits per heavy atom. The maximum absolute atomic E-state index is 13.0. The van der Waals surface area contributed by atoms with Gasteiger partial charge >= 0.3 is 0 Å². The summed E-state index contributed by atoms with van der Waals surface area (Å²) in [7, 11) is 0. The second-order valence-electron chi connectivity index (χ2n) is 11.8. The van der Waals surface area contributed by atoms with E-state index >= 15 is 0 Å². The van der Waals surface area contributed by atoms with Crippen LogP contribution in [0.4, 0.5) is 0 Å². The first-order valence-electron chi connectivity index (χ1n) is 15.5. The third-order valence-corrected chi connectivity index (χ3v) is 8.90. The zero-order valence-electron chi connectivity index (χ0n) is 25.0. The molecule has 4 aromatic carbocycles. The molecule has 8 heteroatoms. The molecule has 0 saturated carbocycles. The molecule has 0 aliphatic carbocycles. The van der Waals surface area contributed by atoms with Gasteiger partial charge in [-0.1, -0.05) is 84.9 Å². The number of aliphatic hydroxyl groups excluding tert-OH is 1. The molecule has 2 amide bonds. The first-order valence-corrected chi connectivity index (χ1v) is 15.5. The van der Waals surface area contributed by atoms with E-state index < -0.39 is 6.29 Å². The predicted octanol–water partition coefficient (Wildman–Crippen LogP) is 5.52. The lowest BCUT2D eigenvalue weighted by molar-refractivity contribution is -0.253. The summed E-state index contributed by atoms with van der Waals surface area (Å²) in [4.78, 5) is 29.8. The number of hydrogen-bond acceptors (Lipinski definition) is 7. The number of morpholine rings is 1. The SMILES string of the molecule is O=C1c2ccccc2C(=O)N1Cc1ccccc1-c1ccc([C@@H]2O[C@H](CN3CCOCC3)C[C@H](c3ccc(CO)cc3)O2)cc1. The quantitative estimate of drug-likeness (QED) is 0.265. The van der Waals surface area contributed by atoms with Crippen LogP contribution in [0.2, 0.25) is 0 Å². The average molecular weight is 605 g/mol. The van der Waals surface area contributed by atoms with Gasteiger partial charge in [0.15, 0.2) is 6.29 Å². The number of rotatable bonds is 8. The van der Waals surface area contributed by atoms with Gasteiger partial charge in [0.2, 0.25) is 0 Å². The maximum Gasteiger partial charge on any atom is 0.261 e. The number of carbonyl (C=O) groups excluding carboxylic acids is 2. The summed E-state index contributed by atoms with van der Waals surface area (Å²) in [5.74, 6) is -0.529. The minimum absolute atomic E-state index is 0.00493. The fourth-order valence-electron chi connectivity index (χ4n) is 6.42. The molecule has 2 saturated heterocycles. The van der Waals surface area contributed by atoms with Crippen molar-refractivity contribution in [2.45, 2.75) is 38.1 Å². The molecule has 3 atom stereocenters. The normalized spacial score (nSPS) is 22.1. The minimum atomic E-state index is -0.546. The number of nitrogens with zero attached hydrogens (tertiary/aromatic N) is 2. The molecular formula is C37H36N2O6. The van der Waals surface area contributed by atoms with Crippen LogP contribution in [0.1, 0.15) is 61.8 Å². The highest BCUT2D eigenvalue weighted by molar-refractivity contribution is 6.21. The van der Waals surface area contributed by atoms with Gasteiger partial charge in [-0.05, 0) is 39.9 Å². The summed E-state index contributed by atoms with van der Waals surface area (Å²) in [5.41, 5.74) is 6.57. The Morgan fingerprint density at radius 2 is 1.33 bits per heavy atom. The van der Waals surface area contributed by atoms with Crippen LogP contribution in [-0.2, 0) is 27.4 Å². The molecule has 0 spiro atoms. The molecule has 2 fully saturated rings. The maximum atomic E-state index is 13.0. The Balaban J connectivity index is 1.11. The van der Waals surface area contributed by atoms with E-state index in [1.54, 1.807) is 24.3 Å². The molecule has 7 rings (SSSR count). The molecule has 8 nitrogen and oxygen atoms in total. The van der Waals surface area contributed by atoms with Crippen molar-refractivity contribution >= 4 is 11.8 Å². The van der Waals surface area contributed by atoms with E-state index in [9.17, 15) is 14.7 Å². The lowest BCUT2D eigenvalue weighted by Gasteiger charge is -2.39. The van der Waals surface area contributed by atoms with Crippen molar-refractivity contribution in [1.29, 1.82) is 0 Å². The standard InChI is InChI=1S/C37H36N2O6/c40-24-25-9-11-27(12-10-25)34-21-30(23-38-17-19-43-20-18-38)44-37(45-34)28-15-13-26(14-16-28)31-6-2-1-5-29(31)22-39-35(41)32-7-3-4-8-33(32)36(39)42/h1-16,30,34,37,40H,17-24H2/t30-,34+,37+/m0/s1. The van der Waals surface area contributed by atoms with E-state index in [4.69, 9.17) is 14.2 Å². The van der Waals surface area contributed by atoms with E-state index in [0.29, 0.717) is 11.1 Å². The largest absolute Gasteiger partial charge is 0.392 e. The number of amides is 2. The van der Waals surface area contributed by atoms with Crippen LogP contribution in [-0.4, -0.2) is 65.7 Å². The van der Waals surface area contributed by atoms with Crippen molar-refractivity contribution in [3.63, 3.8) is 0 Å². The Bertz CT molecular complexity index is 1630. The third-order valence-electron chi connectivity index (χ3n) is 8.90. The number of carbonyl (C=O) groups is 2. The Hall–Kier alpha value is -4.18.